The third kappa shape index (κ3) is 5.77. The summed E-state index contributed by atoms with van der Waals surface area (Å²) in [6, 6.07) is 12.8. The first kappa shape index (κ1) is 25.7. The van der Waals surface area contributed by atoms with Crippen molar-refractivity contribution in [3.8, 4) is 0 Å². The highest BCUT2D eigenvalue weighted by molar-refractivity contribution is 7.89. The molecular formula is C25H35N5O3S. The average molecular weight is 486 g/mol. The number of aromatic nitrogens is 2. The molecule has 1 N–H and O–H groups in total. The largest absolute Gasteiger partial charge is 0.375 e. The lowest BCUT2D eigenvalue weighted by molar-refractivity contribution is -0.116. The Hall–Kier alpha value is -2.91. The van der Waals surface area contributed by atoms with Gasteiger partial charge in [-0.05, 0) is 49.7 Å². The van der Waals surface area contributed by atoms with Gasteiger partial charge in [0.25, 0.3) is 0 Å². The van der Waals surface area contributed by atoms with Gasteiger partial charge in [-0.2, -0.15) is 0 Å². The number of carbonyl (C=O) groups is 1. The second-order valence-corrected chi connectivity index (χ2v) is 10.7. The standard InChI is InChI=1S/C25H35N5O3S/c1-6-8-16-30-23-13-12-21(34(32,33)28(3)4)18-22(23)27-24(30)14-15-25(31)26-19-10-9-11-20(17-19)29(5)7-2/h9-13,17-18H,6-8,14-16H2,1-5H3,(H,26,31). The van der Waals surface area contributed by atoms with Gasteiger partial charge in [0.1, 0.15) is 5.82 Å². The molecule has 34 heavy (non-hydrogen) atoms. The number of anilines is 2. The van der Waals surface area contributed by atoms with E-state index in [1.54, 1.807) is 12.1 Å². The van der Waals surface area contributed by atoms with Crippen LogP contribution < -0.4 is 10.2 Å². The van der Waals surface area contributed by atoms with E-state index >= 15 is 0 Å². The maximum Gasteiger partial charge on any atom is 0.242 e. The zero-order valence-electron chi connectivity index (χ0n) is 20.7. The number of hydrogen-bond acceptors (Lipinski definition) is 5. The number of sulfonamides is 1. The van der Waals surface area contributed by atoms with Crippen molar-refractivity contribution in [3.63, 3.8) is 0 Å². The Kier molecular flexibility index (Phi) is 8.33. The van der Waals surface area contributed by atoms with Gasteiger partial charge in [-0.3, -0.25) is 4.79 Å². The molecule has 0 spiro atoms. The number of aryl methyl sites for hydroxylation is 2. The molecule has 3 aromatic rings. The van der Waals surface area contributed by atoms with Gasteiger partial charge in [-0.25, -0.2) is 17.7 Å². The van der Waals surface area contributed by atoms with Crippen LogP contribution in [0.25, 0.3) is 11.0 Å². The lowest BCUT2D eigenvalue weighted by Gasteiger charge is -2.17. The summed E-state index contributed by atoms with van der Waals surface area (Å²) in [7, 11) is 1.49. The van der Waals surface area contributed by atoms with Crippen LogP contribution in [0.15, 0.2) is 47.4 Å². The van der Waals surface area contributed by atoms with Crippen LogP contribution in [-0.4, -0.2) is 55.9 Å². The van der Waals surface area contributed by atoms with Crippen LogP contribution in [0.1, 0.15) is 38.9 Å². The van der Waals surface area contributed by atoms with Crippen LogP contribution in [0.3, 0.4) is 0 Å². The highest BCUT2D eigenvalue weighted by Crippen LogP contribution is 2.24. The molecule has 3 rings (SSSR count). The van der Waals surface area contributed by atoms with Crippen molar-refractivity contribution in [2.45, 2.75) is 51.0 Å². The number of rotatable bonds is 11. The molecule has 9 heteroatoms. The highest BCUT2D eigenvalue weighted by Gasteiger charge is 2.20. The molecule has 0 fully saturated rings. The van der Waals surface area contributed by atoms with Gasteiger partial charge >= 0.3 is 0 Å². The van der Waals surface area contributed by atoms with E-state index in [4.69, 9.17) is 4.98 Å². The molecule has 0 unspecified atom stereocenters. The molecule has 184 valence electrons. The Balaban J connectivity index is 1.80. The molecule has 1 amide bonds. The Morgan fingerprint density at radius 2 is 1.85 bits per heavy atom. The van der Waals surface area contributed by atoms with Gasteiger partial charge in [0.05, 0.1) is 15.9 Å². The number of unbranched alkanes of at least 4 members (excludes halogenated alkanes) is 1. The molecular weight excluding hydrogens is 450 g/mol. The first-order valence-electron chi connectivity index (χ1n) is 11.7. The van der Waals surface area contributed by atoms with Gasteiger partial charge in [-0.1, -0.05) is 19.4 Å². The molecule has 0 aliphatic heterocycles. The molecule has 2 aromatic carbocycles. The summed E-state index contributed by atoms with van der Waals surface area (Å²) < 4.78 is 28.4. The first-order valence-corrected chi connectivity index (χ1v) is 13.1. The number of nitrogens with zero attached hydrogens (tertiary/aromatic N) is 4. The Labute approximate surface area is 202 Å². The fraction of sp³-hybridized carbons (Fsp3) is 0.440. The van der Waals surface area contributed by atoms with E-state index < -0.39 is 10.0 Å². The van der Waals surface area contributed by atoms with Gasteiger partial charge < -0.3 is 14.8 Å². The van der Waals surface area contributed by atoms with Crippen molar-refractivity contribution in [3.05, 3.63) is 48.3 Å². The van der Waals surface area contributed by atoms with Crippen molar-refractivity contribution >= 4 is 38.3 Å². The molecule has 0 aliphatic rings. The molecule has 0 saturated carbocycles. The summed E-state index contributed by atoms with van der Waals surface area (Å²) in [5.74, 6) is 0.707. The van der Waals surface area contributed by atoms with Crippen LogP contribution in [0.5, 0.6) is 0 Å². The fourth-order valence-corrected chi connectivity index (χ4v) is 4.66. The van der Waals surface area contributed by atoms with Crippen LogP contribution in [0, 0.1) is 0 Å². The third-order valence-corrected chi connectivity index (χ3v) is 7.74. The Bertz CT molecular complexity index is 1250. The summed E-state index contributed by atoms with van der Waals surface area (Å²) in [4.78, 5) is 19.7. The Morgan fingerprint density at radius 1 is 1.09 bits per heavy atom. The average Bonchev–Trinajstić information content (AvgIpc) is 3.17. The van der Waals surface area contributed by atoms with Gasteiger partial charge in [0.15, 0.2) is 0 Å². The topological polar surface area (TPSA) is 87.5 Å². The van der Waals surface area contributed by atoms with Crippen molar-refractivity contribution in [1.29, 1.82) is 0 Å². The quantitative estimate of drug-likeness (QED) is 0.442. The second kappa shape index (κ2) is 11.0. The number of fused-ring (bicyclic) bond motifs is 1. The molecule has 1 aromatic heterocycles. The lowest BCUT2D eigenvalue weighted by Crippen LogP contribution is -2.22. The van der Waals surface area contributed by atoms with Crippen molar-refractivity contribution in [2.24, 2.45) is 0 Å². The number of nitrogens with one attached hydrogen (secondary N) is 1. The summed E-state index contributed by atoms with van der Waals surface area (Å²) in [5.41, 5.74) is 3.33. The van der Waals surface area contributed by atoms with Crippen molar-refractivity contribution in [2.75, 3.05) is 37.9 Å². The minimum atomic E-state index is -3.54. The highest BCUT2D eigenvalue weighted by atomic mass is 32.2. The maximum absolute atomic E-state index is 12.7. The van der Waals surface area contributed by atoms with Gasteiger partial charge in [0.2, 0.25) is 15.9 Å². The van der Waals surface area contributed by atoms with Crippen LogP contribution >= 0.6 is 0 Å². The molecule has 0 atom stereocenters. The summed E-state index contributed by atoms with van der Waals surface area (Å²) >= 11 is 0. The van der Waals surface area contributed by atoms with Crippen molar-refractivity contribution < 1.29 is 13.2 Å². The SMILES string of the molecule is CCCCn1c(CCC(=O)Nc2cccc(N(C)CC)c2)nc2cc(S(=O)(=O)N(C)C)ccc21. The third-order valence-electron chi connectivity index (χ3n) is 5.93. The summed E-state index contributed by atoms with van der Waals surface area (Å²) in [6.45, 7) is 5.85. The number of amides is 1. The van der Waals surface area contributed by atoms with Crippen molar-refractivity contribution in [1.82, 2.24) is 13.9 Å². The van der Waals surface area contributed by atoms with E-state index in [1.807, 2.05) is 37.4 Å². The van der Waals surface area contributed by atoms with E-state index in [2.05, 4.69) is 28.6 Å². The molecule has 0 saturated heterocycles. The van der Waals surface area contributed by atoms with Crippen LogP contribution in [0.2, 0.25) is 0 Å². The molecule has 0 aliphatic carbocycles. The maximum atomic E-state index is 12.7. The lowest BCUT2D eigenvalue weighted by atomic mass is 10.2. The summed E-state index contributed by atoms with van der Waals surface area (Å²) in [5, 5.41) is 2.98. The van der Waals surface area contributed by atoms with E-state index in [0.29, 0.717) is 11.9 Å². The van der Waals surface area contributed by atoms with E-state index in [9.17, 15) is 13.2 Å². The Morgan fingerprint density at radius 3 is 2.53 bits per heavy atom. The molecule has 0 bridgehead atoms. The fourth-order valence-electron chi connectivity index (χ4n) is 3.74. The van der Waals surface area contributed by atoms with Crippen LogP contribution in [0.4, 0.5) is 11.4 Å². The van der Waals surface area contributed by atoms with E-state index in [1.165, 1.54) is 18.4 Å². The monoisotopic (exact) mass is 485 g/mol. The zero-order chi connectivity index (χ0) is 24.9. The number of carbonyl (C=O) groups excluding carboxylic acids is 1. The predicted octanol–water partition coefficient (Wildman–Crippen LogP) is 4.11. The van der Waals surface area contributed by atoms with E-state index in [0.717, 1.165) is 48.6 Å². The number of hydrogen-bond donors (Lipinski definition) is 1. The van der Waals surface area contributed by atoms with Crippen LogP contribution in [-0.2, 0) is 27.8 Å². The summed E-state index contributed by atoms with van der Waals surface area (Å²) in [6.07, 6.45) is 2.75. The van der Waals surface area contributed by atoms with Gasteiger partial charge in [-0.15, -0.1) is 0 Å². The number of imidazole rings is 1. The minimum Gasteiger partial charge on any atom is -0.375 e. The molecule has 1 heterocycles. The van der Waals surface area contributed by atoms with E-state index in [-0.39, 0.29) is 17.2 Å². The first-order chi connectivity index (χ1) is 16.2. The zero-order valence-corrected chi connectivity index (χ0v) is 21.5. The predicted molar refractivity (Wildman–Crippen MR) is 138 cm³/mol. The minimum absolute atomic E-state index is 0.0822. The molecule has 8 nitrogen and oxygen atoms in total. The smallest absolute Gasteiger partial charge is 0.242 e. The second-order valence-electron chi connectivity index (χ2n) is 8.58. The van der Waals surface area contributed by atoms with Gasteiger partial charge in [0, 0.05) is 58.4 Å². The normalized spacial score (nSPS) is 11.8. The number of benzene rings is 2. The molecule has 0 radical (unpaired) electrons.